The second-order valence-corrected chi connectivity index (χ2v) is 9.03. The summed E-state index contributed by atoms with van der Waals surface area (Å²) in [5.74, 6) is 2.46. The summed E-state index contributed by atoms with van der Waals surface area (Å²) in [7, 11) is 3.51. The molecule has 1 aliphatic heterocycles. The molecule has 1 aromatic rings. The number of guanidine groups is 1. The molecule has 29 heavy (non-hydrogen) atoms. The highest BCUT2D eigenvalue weighted by atomic mass is 32.2. The predicted molar refractivity (Wildman–Crippen MR) is 120 cm³/mol. The molecule has 2 fully saturated rings. The van der Waals surface area contributed by atoms with E-state index in [0.717, 1.165) is 68.5 Å². The van der Waals surface area contributed by atoms with Crippen molar-refractivity contribution in [2.24, 2.45) is 4.99 Å². The number of nitrogens with one attached hydrogen (secondary N) is 2. The highest BCUT2D eigenvalue weighted by Gasteiger charge is 2.31. The van der Waals surface area contributed by atoms with Gasteiger partial charge in [0.25, 0.3) is 0 Å². The van der Waals surface area contributed by atoms with Gasteiger partial charge in [0.05, 0.1) is 13.2 Å². The molecule has 0 aromatic heterocycles. The van der Waals surface area contributed by atoms with Gasteiger partial charge >= 0.3 is 0 Å². The number of ether oxygens (including phenoxy) is 3. The minimum Gasteiger partial charge on any atom is -0.493 e. The maximum absolute atomic E-state index is 6.34. The standard InChI is InChI=1S/C22H35N3O3S/c1-23-21(25-16-22(29-3)11-13-27-14-12-22)24-15-17-7-6-10-19(26-2)20(17)28-18-8-4-5-9-18/h6-7,10,18H,4-5,8-9,11-16H2,1-3H3,(H2,23,24,25). The van der Waals surface area contributed by atoms with Gasteiger partial charge < -0.3 is 24.8 Å². The maximum Gasteiger partial charge on any atom is 0.191 e. The van der Waals surface area contributed by atoms with Crippen LogP contribution in [0.1, 0.15) is 44.1 Å². The van der Waals surface area contributed by atoms with Gasteiger partial charge in [-0.05, 0) is 50.8 Å². The second kappa shape index (κ2) is 11.0. The SMILES string of the molecule is CN=C(NCc1cccc(OC)c1OC1CCCC1)NCC1(SC)CCOCC1. The highest BCUT2D eigenvalue weighted by molar-refractivity contribution is 8.00. The van der Waals surface area contributed by atoms with E-state index in [0.29, 0.717) is 6.54 Å². The van der Waals surface area contributed by atoms with Crippen LogP contribution in [0.4, 0.5) is 0 Å². The van der Waals surface area contributed by atoms with Gasteiger partial charge in [-0.2, -0.15) is 11.8 Å². The van der Waals surface area contributed by atoms with Crippen LogP contribution in [0.25, 0.3) is 0 Å². The number of nitrogens with zero attached hydrogens (tertiary/aromatic N) is 1. The number of methoxy groups -OCH3 is 1. The van der Waals surface area contributed by atoms with E-state index in [1.54, 1.807) is 7.11 Å². The Bertz CT molecular complexity index is 671. The van der Waals surface area contributed by atoms with E-state index in [-0.39, 0.29) is 10.9 Å². The topological polar surface area (TPSA) is 64.1 Å². The Hall–Kier alpha value is -1.60. The van der Waals surface area contributed by atoms with Crippen LogP contribution >= 0.6 is 11.8 Å². The zero-order chi connectivity index (χ0) is 20.5. The quantitative estimate of drug-likeness (QED) is 0.494. The zero-order valence-electron chi connectivity index (χ0n) is 18.0. The number of rotatable bonds is 8. The van der Waals surface area contributed by atoms with Crippen molar-refractivity contribution in [3.8, 4) is 11.5 Å². The molecule has 1 saturated carbocycles. The zero-order valence-corrected chi connectivity index (χ0v) is 18.8. The molecular formula is C22H35N3O3S. The molecule has 0 atom stereocenters. The fourth-order valence-corrected chi connectivity index (χ4v) is 4.80. The molecule has 0 unspecified atom stereocenters. The summed E-state index contributed by atoms with van der Waals surface area (Å²) in [6, 6.07) is 6.07. The lowest BCUT2D eigenvalue weighted by Crippen LogP contribution is -2.47. The molecule has 2 N–H and O–H groups in total. The number of benzene rings is 1. The maximum atomic E-state index is 6.34. The smallest absolute Gasteiger partial charge is 0.191 e. The number of hydrogen-bond acceptors (Lipinski definition) is 5. The van der Waals surface area contributed by atoms with Crippen molar-refractivity contribution in [1.29, 1.82) is 0 Å². The van der Waals surface area contributed by atoms with Crippen molar-refractivity contribution in [1.82, 2.24) is 10.6 Å². The summed E-state index contributed by atoms with van der Waals surface area (Å²) < 4.78 is 17.7. The van der Waals surface area contributed by atoms with E-state index in [2.05, 4.69) is 27.9 Å². The summed E-state index contributed by atoms with van der Waals surface area (Å²) in [6.07, 6.45) is 9.33. The summed E-state index contributed by atoms with van der Waals surface area (Å²) in [6.45, 7) is 3.18. The highest BCUT2D eigenvalue weighted by Crippen LogP contribution is 2.35. The Balaban J connectivity index is 1.61. The predicted octanol–water partition coefficient (Wildman–Crippen LogP) is 3.59. The molecule has 1 heterocycles. The Morgan fingerprint density at radius 3 is 2.66 bits per heavy atom. The number of para-hydroxylation sites is 1. The van der Waals surface area contributed by atoms with Crippen LogP contribution in [-0.2, 0) is 11.3 Å². The fraction of sp³-hybridized carbons (Fsp3) is 0.682. The molecule has 0 radical (unpaired) electrons. The first-order chi connectivity index (χ1) is 14.2. The Labute approximate surface area is 179 Å². The van der Waals surface area contributed by atoms with E-state index in [1.807, 2.05) is 30.9 Å². The summed E-state index contributed by atoms with van der Waals surface area (Å²) in [4.78, 5) is 4.41. The average Bonchev–Trinajstić information content (AvgIpc) is 3.28. The van der Waals surface area contributed by atoms with Gasteiger partial charge in [0.2, 0.25) is 0 Å². The van der Waals surface area contributed by atoms with Gasteiger partial charge in [-0.15, -0.1) is 0 Å². The third-order valence-corrected chi connectivity index (χ3v) is 7.37. The minimum absolute atomic E-state index is 0.211. The molecule has 2 aliphatic rings. The monoisotopic (exact) mass is 421 g/mol. The molecule has 3 rings (SSSR count). The van der Waals surface area contributed by atoms with Crippen LogP contribution in [0.5, 0.6) is 11.5 Å². The average molecular weight is 422 g/mol. The number of hydrogen-bond donors (Lipinski definition) is 2. The molecule has 1 saturated heterocycles. The van der Waals surface area contributed by atoms with E-state index in [9.17, 15) is 0 Å². The van der Waals surface area contributed by atoms with Gasteiger partial charge in [0.15, 0.2) is 17.5 Å². The number of aliphatic imine (C=N–C) groups is 1. The van der Waals surface area contributed by atoms with E-state index >= 15 is 0 Å². The lowest BCUT2D eigenvalue weighted by Gasteiger charge is -2.36. The molecule has 0 bridgehead atoms. The van der Waals surface area contributed by atoms with Gasteiger partial charge in [0, 0.05) is 43.7 Å². The van der Waals surface area contributed by atoms with E-state index < -0.39 is 0 Å². The van der Waals surface area contributed by atoms with Crippen molar-refractivity contribution in [2.45, 2.75) is 55.9 Å². The van der Waals surface area contributed by atoms with Crippen LogP contribution in [-0.4, -0.2) is 57.0 Å². The Morgan fingerprint density at radius 2 is 2.00 bits per heavy atom. The Morgan fingerprint density at radius 1 is 1.24 bits per heavy atom. The van der Waals surface area contributed by atoms with Crippen molar-refractivity contribution in [2.75, 3.05) is 40.2 Å². The third-order valence-electron chi connectivity index (χ3n) is 5.95. The van der Waals surface area contributed by atoms with Gasteiger partial charge in [-0.1, -0.05) is 12.1 Å². The molecule has 0 spiro atoms. The van der Waals surface area contributed by atoms with Crippen LogP contribution in [0.15, 0.2) is 23.2 Å². The molecule has 6 nitrogen and oxygen atoms in total. The fourth-order valence-electron chi connectivity index (χ4n) is 4.01. The molecule has 7 heteroatoms. The molecule has 1 aliphatic carbocycles. The van der Waals surface area contributed by atoms with Gasteiger partial charge in [-0.3, -0.25) is 4.99 Å². The van der Waals surface area contributed by atoms with Crippen LogP contribution < -0.4 is 20.1 Å². The van der Waals surface area contributed by atoms with Crippen LogP contribution in [0, 0.1) is 0 Å². The van der Waals surface area contributed by atoms with Crippen molar-refractivity contribution in [3.05, 3.63) is 23.8 Å². The lowest BCUT2D eigenvalue weighted by molar-refractivity contribution is 0.0783. The van der Waals surface area contributed by atoms with E-state index in [1.165, 1.54) is 12.8 Å². The van der Waals surface area contributed by atoms with Gasteiger partial charge in [0.1, 0.15) is 0 Å². The van der Waals surface area contributed by atoms with Gasteiger partial charge in [-0.25, -0.2) is 0 Å². The first-order valence-corrected chi connectivity index (χ1v) is 11.8. The largest absolute Gasteiger partial charge is 0.493 e. The molecule has 162 valence electrons. The third kappa shape index (κ3) is 5.95. The summed E-state index contributed by atoms with van der Waals surface area (Å²) >= 11 is 1.92. The van der Waals surface area contributed by atoms with Crippen LogP contribution in [0.2, 0.25) is 0 Å². The van der Waals surface area contributed by atoms with E-state index in [4.69, 9.17) is 14.2 Å². The first-order valence-electron chi connectivity index (χ1n) is 10.6. The van der Waals surface area contributed by atoms with Crippen LogP contribution in [0.3, 0.4) is 0 Å². The molecular weight excluding hydrogens is 386 g/mol. The first kappa shape index (κ1) is 22.1. The van der Waals surface area contributed by atoms with Crippen molar-refractivity contribution in [3.63, 3.8) is 0 Å². The second-order valence-electron chi connectivity index (χ2n) is 7.75. The summed E-state index contributed by atoms with van der Waals surface area (Å²) in [5, 5.41) is 6.96. The summed E-state index contributed by atoms with van der Waals surface area (Å²) in [5.41, 5.74) is 1.09. The Kier molecular flexibility index (Phi) is 8.36. The van der Waals surface area contributed by atoms with Crippen molar-refractivity contribution >= 4 is 17.7 Å². The molecule has 0 amide bonds. The molecule has 1 aromatic carbocycles. The van der Waals surface area contributed by atoms with Crippen molar-refractivity contribution < 1.29 is 14.2 Å². The minimum atomic E-state index is 0.211. The lowest BCUT2D eigenvalue weighted by atomic mass is 9.99. The normalized spacial score (nSPS) is 19.8. The number of thioether (sulfide) groups is 1.